The number of hydrogen-bond acceptors (Lipinski definition) is 9. The van der Waals surface area contributed by atoms with Gasteiger partial charge < -0.3 is 37.9 Å². The number of methoxy groups -OCH3 is 4. The Morgan fingerprint density at radius 3 is 2.16 bits per heavy atom. The lowest BCUT2D eigenvalue weighted by Crippen LogP contribution is -2.51. The van der Waals surface area contributed by atoms with Crippen molar-refractivity contribution in [1.29, 1.82) is 0 Å². The highest BCUT2D eigenvalue weighted by atomic mass is 16.7. The quantitative estimate of drug-likeness (QED) is 0.664. The van der Waals surface area contributed by atoms with Gasteiger partial charge in [0.25, 0.3) is 5.79 Å². The van der Waals surface area contributed by atoms with Crippen molar-refractivity contribution in [3.8, 4) is 34.5 Å². The molecule has 3 atom stereocenters. The Morgan fingerprint density at radius 1 is 0.871 bits per heavy atom. The molecule has 164 valence electrons. The van der Waals surface area contributed by atoms with Gasteiger partial charge in [0.15, 0.2) is 29.6 Å². The molecule has 1 saturated heterocycles. The van der Waals surface area contributed by atoms with Crippen LogP contribution in [0.5, 0.6) is 34.5 Å². The molecule has 3 heterocycles. The van der Waals surface area contributed by atoms with Gasteiger partial charge in [0.05, 0.1) is 21.3 Å². The van der Waals surface area contributed by atoms with E-state index < -0.39 is 23.6 Å². The Bertz CT molecular complexity index is 1020. The normalized spacial score (nSPS) is 25.2. The maximum absolute atomic E-state index is 12.9. The van der Waals surface area contributed by atoms with Crippen LogP contribution >= 0.6 is 0 Å². The molecule has 0 saturated carbocycles. The van der Waals surface area contributed by atoms with E-state index in [0.717, 1.165) is 11.1 Å². The van der Waals surface area contributed by atoms with E-state index in [1.54, 1.807) is 20.3 Å². The molecule has 3 aliphatic heterocycles. The molecule has 0 amide bonds. The Labute approximate surface area is 178 Å². The molecule has 2 aromatic rings. The fourth-order valence-electron chi connectivity index (χ4n) is 4.53. The first-order valence-corrected chi connectivity index (χ1v) is 9.69. The molecule has 0 radical (unpaired) electrons. The van der Waals surface area contributed by atoms with Crippen molar-refractivity contribution in [2.75, 3.05) is 41.8 Å². The van der Waals surface area contributed by atoms with Crippen LogP contribution in [0.1, 0.15) is 17.0 Å². The molecule has 0 spiro atoms. The van der Waals surface area contributed by atoms with Crippen molar-refractivity contribution in [2.24, 2.45) is 5.92 Å². The summed E-state index contributed by atoms with van der Waals surface area (Å²) in [6, 6.07) is 7.22. The summed E-state index contributed by atoms with van der Waals surface area (Å²) >= 11 is 0. The van der Waals surface area contributed by atoms with Crippen LogP contribution in [0.4, 0.5) is 0 Å². The van der Waals surface area contributed by atoms with Crippen LogP contribution in [0.25, 0.3) is 0 Å². The second-order valence-electron chi connectivity index (χ2n) is 7.38. The minimum Gasteiger partial charge on any atom is -0.493 e. The number of carbonyl (C=O) groups excluding carboxylic acids is 1. The molecule has 31 heavy (non-hydrogen) atoms. The molecule has 0 aromatic heterocycles. The lowest BCUT2D eigenvalue weighted by molar-refractivity contribution is -0.195. The van der Waals surface area contributed by atoms with Gasteiger partial charge >= 0.3 is 5.97 Å². The number of benzene rings is 2. The third-order valence-electron chi connectivity index (χ3n) is 5.99. The molecule has 0 N–H and O–H groups in total. The average Bonchev–Trinajstić information content (AvgIpc) is 3.39. The molecule has 0 unspecified atom stereocenters. The number of ether oxygens (including phenoxy) is 8. The van der Waals surface area contributed by atoms with Crippen molar-refractivity contribution in [1.82, 2.24) is 0 Å². The number of carbonyl (C=O) groups is 1. The average molecular weight is 430 g/mol. The first kappa shape index (κ1) is 19.6. The number of hydrogen-bond donors (Lipinski definition) is 0. The van der Waals surface area contributed by atoms with Gasteiger partial charge in [-0.15, -0.1) is 0 Å². The monoisotopic (exact) mass is 430 g/mol. The van der Waals surface area contributed by atoms with Gasteiger partial charge in [0.2, 0.25) is 12.5 Å². The van der Waals surface area contributed by atoms with E-state index in [-0.39, 0.29) is 13.4 Å². The van der Waals surface area contributed by atoms with Gasteiger partial charge in [0.1, 0.15) is 11.7 Å². The second kappa shape index (κ2) is 7.12. The molecule has 3 aliphatic rings. The minimum absolute atomic E-state index is 0.0260. The zero-order chi connectivity index (χ0) is 21.8. The van der Waals surface area contributed by atoms with Gasteiger partial charge in [-0.1, -0.05) is 0 Å². The summed E-state index contributed by atoms with van der Waals surface area (Å²) in [7, 11) is 6.12. The predicted octanol–water partition coefficient (Wildman–Crippen LogP) is 2.48. The second-order valence-corrected chi connectivity index (χ2v) is 7.38. The van der Waals surface area contributed by atoms with Crippen molar-refractivity contribution >= 4 is 5.97 Å². The number of rotatable bonds is 5. The Hall–Kier alpha value is -3.33. The molecule has 1 fully saturated rings. The van der Waals surface area contributed by atoms with E-state index in [2.05, 4.69) is 0 Å². The lowest BCUT2D eigenvalue weighted by atomic mass is 9.75. The molecule has 5 rings (SSSR count). The predicted molar refractivity (Wildman–Crippen MR) is 105 cm³/mol. The van der Waals surface area contributed by atoms with Crippen LogP contribution in [-0.2, 0) is 14.3 Å². The summed E-state index contributed by atoms with van der Waals surface area (Å²) in [4.78, 5) is 12.9. The van der Waals surface area contributed by atoms with Crippen LogP contribution < -0.4 is 28.4 Å². The first-order chi connectivity index (χ1) is 15.0. The van der Waals surface area contributed by atoms with E-state index in [0.29, 0.717) is 34.5 Å². The lowest BCUT2D eigenvalue weighted by Gasteiger charge is -2.41. The topological polar surface area (TPSA) is 90.9 Å². The van der Waals surface area contributed by atoms with Crippen LogP contribution in [0, 0.1) is 5.92 Å². The molecular formula is C22H22O9. The highest BCUT2D eigenvalue weighted by Crippen LogP contribution is 2.56. The van der Waals surface area contributed by atoms with Crippen LogP contribution in [-0.4, -0.2) is 53.6 Å². The number of fused-ring (bicyclic) bond motifs is 3. The maximum atomic E-state index is 12.9. The Kier molecular flexibility index (Phi) is 4.51. The standard InChI is InChI=1S/C22H22O9/c1-24-16-5-11(6-17(25-2)20(16)26-3)18-12-7-14-15(30-10-29-14)8-13(12)31-22(27-4)9-28-21(23)19(18)22/h5-8,18-19H,9-10H2,1-4H3/t18-,19+,22+/m0/s1. The van der Waals surface area contributed by atoms with Gasteiger partial charge in [-0.3, -0.25) is 4.79 Å². The fourth-order valence-corrected chi connectivity index (χ4v) is 4.53. The third kappa shape index (κ3) is 2.76. The molecular weight excluding hydrogens is 408 g/mol. The zero-order valence-electron chi connectivity index (χ0n) is 17.6. The Morgan fingerprint density at radius 2 is 1.55 bits per heavy atom. The van der Waals surface area contributed by atoms with Gasteiger partial charge in [-0.2, -0.15) is 0 Å². The van der Waals surface area contributed by atoms with Crippen LogP contribution in [0.15, 0.2) is 24.3 Å². The molecule has 9 nitrogen and oxygen atoms in total. The SMILES string of the molecule is COc1cc([C@H]2c3cc4c(cc3O[C@]3(OC)COC(=O)[C@@H]23)OCO4)cc(OC)c1OC. The molecule has 9 heteroatoms. The number of cyclic esters (lactones) is 1. The van der Waals surface area contributed by atoms with Crippen molar-refractivity contribution in [3.05, 3.63) is 35.4 Å². The summed E-state index contributed by atoms with van der Waals surface area (Å²) in [5, 5.41) is 0. The zero-order valence-corrected chi connectivity index (χ0v) is 17.6. The summed E-state index contributed by atoms with van der Waals surface area (Å²) in [5.41, 5.74) is 1.50. The number of esters is 1. The van der Waals surface area contributed by atoms with Crippen molar-refractivity contribution in [2.45, 2.75) is 11.7 Å². The maximum Gasteiger partial charge on any atom is 0.317 e. The first-order valence-electron chi connectivity index (χ1n) is 9.69. The highest BCUT2D eigenvalue weighted by molar-refractivity contribution is 5.80. The Balaban J connectivity index is 1.76. The molecule has 0 aliphatic carbocycles. The van der Waals surface area contributed by atoms with Gasteiger partial charge in [0, 0.05) is 24.7 Å². The van der Waals surface area contributed by atoms with Crippen LogP contribution in [0.2, 0.25) is 0 Å². The van der Waals surface area contributed by atoms with Gasteiger partial charge in [-0.25, -0.2) is 0 Å². The molecule has 0 bridgehead atoms. The summed E-state index contributed by atoms with van der Waals surface area (Å²) in [6.45, 7) is 0.0930. The minimum atomic E-state index is -1.27. The van der Waals surface area contributed by atoms with Gasteiger partial charge in [-0.05, 0) is 23.8 Å². The molecule has 2 aromatic carbocycles. The summed E-state index contributed by atoms with van der Waals surface area (Å²) < 4.78 is 44.9. The van der Waals surface area contributed by atoms with E-state index in [1.807, 2.05) is 18.2 Å². The van der Waals surface area contributed by atoms with Crippen molar-refractivity contribution in [3.63, 3.8) is 0 Å². The fraction of sp³-hybridized carbons (Fsp3) is 0.409. The summed E-state index contributed by atoms with van der Waals surface area (Å²) in [6.07, 6.45) is 0. The third-order valence-corrected chi connectivity index (χ3v) is 5.99. The smallest absolute Gasteiger partial charge is 0.317 e. The van der Waals surface area contributed by atoms with E-state index in [4.69, 9.17) is 37.9 Å². The van der Waals surface area contributed by atoms with Crippen molar-refractivity contribution < 1.29 is 42.7 Å². The van der Waals surface area contributed by atoms with E-state index in [9.17, 15) is 4.79 Å². The summed E-state index contributed by atoms with van der Waals surface area (Å²) in [5.74, 6) is 0.147. The van der Waals surface area contributed by atoms with E-state index in [1.165, 1.54) is 14.2 Å². The van der Waals surface area contributed by atoms with E-state index >= 15 is 0 Å². The largest absolute Gasteiger partial charge is 0.493 e. The van der Waals surface area contributed by atoms with Crippen LogP contribution in [0.3, 0.4) is 0 Å². The highest BCUT2D eigenvalue weighted by Gasteiger charge is 2.61.